The molecule has 0 spiro atoms. The zero-order chi connectivity index (χ0) is 29.9. The molecule has 3 aromatic carbocycles. The number of furan rings is 1. The first-order chi connectivity index (χ1) is 19.3. The molecule has 0 unspecified atom stereocenters. The van der Waals surface area contributed by atoms with Crippen molar-refractivity contribution in [3.8, 4) is 22.6 Å². The van der Waals surface area contributed by atoms with Crippen LogP contribution in [0, 0.1) is 0 Å². The van der Waals surface area contributed by atoms with Crippen LogP contribution in [0.4, 0.5) is 26.3 Å². The molecule has 1 heterocycles. The van der Waals surface area contributed by atoms with Crippen molar-refractivity contribution in [2.24, 2.45) is 0 Å². The highest BCUT2D eigenvalue weighted by Gasteiger charge is 2.40. The van der Waals surface area contributed by atoms with E-state index in [0.717, 1.165) is 23.8 Å². The molecule has 0 atom stereocenters. The highest BCUT2D eigenvalue weighted by atomic mass is 19.4. The van der Waals surface area contributed by atoms with Gasteiger partial charge in [0.15, 0.2) is 16.9 Å². The molecule has 4 aromatic rings. The maximum Gasteiger partial charge on any atom is 0.573 e. The predicted octanol–water partition coefficient (Wildman–Crippen LogP) is 7.92. The molecular weight excluding hydrogens is 558 g/mol. The molecule has 0 N–H and O–H groups in total. The summed E-state index contributed by atoms with van der Waals surface area (Å²) >= 11 is 0. The normalized spacial score (nSPS) is 11.9. The Hall–Kier alpha value is -4.74. The number of rotatable bonds is 9. The quantitative estimate of drug-likeness (QED) is 0.0661. The first-order valence-corrected chi connectivity index (χ1v) is 11.9. The number of ether oxygens (including phenoxy) is 3. The Kier molecular flexibility index (Phi) is 8.13. The van der Waals surface area contributed by atoms with Gasteiger partial charge in [0, 0.05) is 28.5 Å². The summed E-state index contributed by atoms with van der Waals surface area (Å²) in [5.41, 5.74) is -1.93. The van der Waals surface area contributed by atoms with Gasteiger partial charge in [-0.05, 0) is 48.2 Å². The second kappa shape index (κ2) is 11.4. The summed E-state index contributed by atoms with van der Waals surface area (Å²) in [7, 11) is 0. The molecule has 41 heavy (non-hydrogen) atoms. The highest BCUT2D eigenvalue weighted by Crippen LogP contribution is 2.48. The van der Waals surface area contributed by atoms with E-state index in [1.165, 1.54) is 24.3 Å². The van der Waals surface area contributed by atoms with Gasteiger partial charge in [-0.1, -0.05) is 37.4 Å². The molecule has 0 radical (unpaired) electrons. The fraction of sp³-hybridized carbons (Fsp3) is 0.172. The molecule has 0 aliphatic carbocycles. The van der Waals surface area contributed by atoms with Crippen LogP contribution in [0.5, 0.6) is 11.5 Å². The van der Waals surface area contributed by atoms with Crippen LogP contribution in [0.2, 0.25) is 0 Å². The maximum absolute atomic E-state index is 14.1. The Balaban J connectivity index is 1.81. The minimum Gasteiger partial charge on any atom is -0.463 e. The average Bonchev–Trinajstić information content (AvgIpc) is 3.28. The Bertz CT molecular complexity index is 1630. The van der Waals surface area contributed by atoms with Crippen molar-refractivity contribution in [2.75, 3.05) is 6.61 Å². The molecule has 12 heteroatoms. The summed E-state index contributed by atoms with van der Waals surface area (Å²) in [5.74, 6) is -3.47. The lowest BCUT2D eigenvalue weighted by Crippen LogP contribution is -2.17. The van der Waals surface area contributed by atoms with E-state index in [1.54, 1.807) is 12.1 Å². The van der Waals surface area contributed by atoms with Gasteiger partial charge in [-0.25, -0.2) is 9.59 Å². The van der Waals surface area contributed by atoms with Crippen LogP contribution in [0.15, 0.2) is 78.3 Å². The van der Waals surface area contributed by atoms with Crippen LogP contribution < -0.4 is 9.47 Å². The zero-order valence-corrected chi connectivity index (χ0v) is 21.0. The monoisotopic (exact) mass is 578 g/mol. The van der Waals surface area contributed by atoms with Gasteiger partial charge >= 0.3 is 24.5 Å². The highest BCUT2D eigenvalue weighted by molar-refractivity contribution is 6.10. The minimum atomic E-state index is -5.21. The summed E-state index contributed by atoms with van der Waals surface area (Å²) in [6, 6.07) is 10.9. The number of carbonyl (C=O) groups is 2. The third kappa shape index (κ3) is 6.53. The summed E-state index contributed by atoms with van der Waals surface area (Å²) in [4.78, 5) is 22.7. The Morgan fingerprint density at radius 1 is 0.829 bits per heavy atom. The number of esters is 2. The molecule has 6 nitrogen and oxygen atoms in total. The largest absolute Gasteiger partial charge is 0.573 e. The van der Waals surface area contributed by atoms with E-state index in [1.807, 2.05) is 0 Å². The number of hydrogen-bond donors (Lipinski definition) is 0. The van der Waals surface area contributed by atoms with E-state index >= 15 is 0 Å². The number of benzene rings is 3. The summed E-state index contributed by atoms with van der Waals surface area (Å²) in [6.07, 6.45) is -7.63. The molecule has 0 aliphatic rings. The lowest BCUT2D eigenvalue weighted by molar-refractivity contribution is -0.274. The third-order valence-corrected chi connectivity index (χ3v) is 5.89. The Labute approximate surface area is 228 Å². The second-order valence-electron chi connectivity index (χ2n) is 8.58. The summed E-state index contributed by atoms with van der Waals surface area (Å²) < 4.78 is 102. The summed E-state index contributed by atoms with van der Waals surface area (Å²) in [5, 5.41) is -0.252. The van der Waals surface area contributed by atoms with Gasteiger partial charge in [0.1, 0.15) is 11.3 Å². The molecule has 4 rings (SSSR count). The number of halogens is 6. The smallest absolute Gasteiger partial charge is 0.463 e. The fourth-order valence-corrected chi connectivity index (χ4v) is 4.17. The van der Waals surface area contributed by atoms with E-state index < -0.39 is 52.7 Å². The van der Waals surface area contributed by atoms with Gasteiger partial charge in [0.25, 0.3) is 0 Å². The van der Waals surface area contributed by atoms with Gasteiger partial charge < -0.3 is 18.6 Å². The van der Waals surface area contributed by atoms with E-state index in [-0.39, 0.29) is 28.5 Å². The number of hydrogen-bond acceptors (Lipinski definition) is 6. The zero-order valence-electron chi connectivity index (χ0n) is 21.0. The van der Waals surface area contributed by atoms with E-state index in [0.29, 0.717) is 18.9 Å². The first kappa shape index (κ1) is 29.2. The van der Waals surface area contributed by atoms with Gasteiger partial charge in [-0.3, -0.25) is 0 Å². The number of fused-ring (bicyclic) bond motifs is 3. The molecule has 0 fully saturated rings. The fourth-order valence-electron chi connectivity index (χ4n) is 4.17. The van der Waals surface area contributed by atoms with E-state index in [2.05, 4.69) is 17.9 Å². The Morgan fingerprint density at radius 3 is 2.07 bits per heavy atom. The number of aryl methyl sites for hydroxylation is 1. The van der Waals surface area contributed by atoms with Crippen molar-refractivity contribution in [3.63, 3.8) is 0 Å². The van der Waals surface area contributed by atoms with Gasteiger partial charge in [0.05, 0.1) is 6.61 Å². The Morgan fingerprint density at radius 2 is 1.46 bits per heavy atom. The van der Waals surface area contributed by atoms with Crippen LogP contribution >= 0.6 is 0 Å². The number of carbonyl (C=O) groups excluding carboxylic acids is 2. The second-order valence-corrected chi connectivity index (χ2v) is 8.58. The minimum absolute atomic E-state index is 0.0826. The molecule has 0 saturated heterocycles. The van der Waals surface area contributed by atoms with Crippen molar-refractivity contribution in [1.29, 1.82) is 0 Å². The van der Waals surface area contributed by atoms with Crippen LogP contribution in [0.3, 0.4) is 0 Å². The number of alkyl halides is 6. The molecule has 214 valence electrons. The predicted molar refractivity (Wildman–Crippen MR) is 136 cm³/mol. The van der Waals surface area contributed by atoms with Crippen molar-refractivity contribution in [3.05, 3.63) is 85.0 Å². The molecule has 1 aromatic heterocycles. The van der Waals surface area contributed by atoms with Crippen molar-refractivity contribution >= 4 is 33.9 Å². The summed E-state index contributed by atoms with van der Waals surface area (Å²) in [6.45, 7) is 6.58. The third-order valence-electron chi connectivity index (χ3n) is 5.89. The SMILES string of the molecule is C=CC(=O)OCCCc1ccc(-c2ccc3c(oc4c(C(F)(F)F)c(OC(=O)C=C)ccc43)c2OC(F)(F)F)cc1. The van der Waals surface area contributed by atoms with Gasteiger partial charge in [-0.15, -0.1) is 13.2 Å². The molecule has 0 bridgehead atoms. The van der Waals surface area contributed by atoms with Gasteiger partial charge in [0.2, 0.25) is 0 Å². The van der Waals surface area contributed by atoms with Crippen LogP contribution in [-0.2, 0) is 26.9 Å². The van der Waals surface area contributed by atoms with E-state index in [4.69, 9.17) is 13.9 Å². The lowest BCUT2D eigenvalue weighted by atomic mass is 9.99. The topological polar surface area (TPSA) is 75.0 Å². The maximum atomic E-state index is 14.1. The van der Waals surface area contributed by atoms with Crippen molar-refractivity contribution in [2.45, 2.75) is 25.4 Å². The van der Waals surface area contributed by atoms with Gasteiger partial charge in [-0.2, -0.15) is 13.2 Å². The first-order valence-electron chi connectivity index (χ1n) is 11.9. The lowest BCUT2D eigenvalue weighted by Gasteiger charge is -2.14. The van der Waals surface area contributed by atoms with Crippen LogP contribution in [0.1, 0.15) is 17.5 Å². The standard InChI is InChI=1S/C29H20F6O6/c1-3-22(36)38-15-5-6-16-7-9-17(10-8-16)18-11-12-20-19-13-14-21(39-23(37)4-2)24(28(30,31)32)25(19)40-26(20)27(18)41-29(33,34)35/h3-4,7-14H,1-2,5-6,15H2. The molecule has 0 saturated carbocycles. The molecule has 0 aliphatic heterocycles. The van der Waals surface area contributed by atoms with Crippen molar-refractivity contribution in [1.82, 2.24) is 0 Å². The molecular formula is C29H20F6O6. The molecule has 0 amide bonds. The average molecular weight is 578 g/mol. The van der Waals surface area contributed by atoms with Crippen molar-refractivity contribution < 1.29 is 54.6 Å². The van der Waals surface area contributed by atoms with Crippen LogP contribution in [0.25, 0.3) is 33.1 Å². The van der Waals surface area contributed by atoms with E-state index in [9.17, 15) is 35.9 Å². The van der Waals surface area contributed by atoms with Crippen LogP contribution in [-0.4, -0.2) is 24.9 Å².